The highest BCUT2D eigenvalue weighted by atomic mass is 16.3. The van der Waals surface area contributed by atoms with E-state index in [4.69, 9.17) is 5.11 Å². The van der Waals surface area contributed by atoms with E-state index < -0.39 is 5.60 Å². The number of nitrogens with zero attached hydrogens (tertiary/aromatic N) is 1. The Hall–Kier alpha value is -2.20. The van der Waals surface area contributed by atoms with Crippen molar-refractivity contribution in [3.05, 3.63) is 54.9 Å². The number of ketones is 1. The fourth-order valence-corrected chi connectivity index (χ4v) is 1.49. The van der Waals surface area contributed by atoms with Crippen LogP contribution in [-0.2, 0) is 4.79 Å². The van der Waals surface area contributed by atoms with Crippen molar-refractivity contribution in [2.75, 3.05) is 0 Å². The van der Waals surface area contributed by atoms with Crippen molar-refractivity contribution in [1.29, 1.82) is 0 Å². The SMILES string of the molecule is CC1(O)C=CC(=O)C=C1.c1ccc2[nH]cnc2c1. The minimum absolute atomic E-state index is 0.0680. The van der Waals surface area contributed by atoms with Crippen molar-refractivity contribution in [2.24, 2.45) is 0 Å². The maximum absolute atomic E-state index is 10.5. The number of hydrogen-bond acceptors (Lipinski definition) is 3. The number of carbonyl (C=O) groups is 1. The van der Waals surface area contributed by atoms with Gasteiger partial charge < -0.3 is 10.1 Å². The highest BCUT2D eigenvalue weighted by molar-refractivity contribution is 6.00. The molecular formula is C14H14N2O2. The van der Waals surface area contributed by atoms with Gasteiger partial charge in [-0.1, -0.05) is 12.1 Å². The predicted octanol–water partition coefficient (Wildman–Crippen LogP) is 2.00. The molecule has 1 aliphatic rings. The summed E-state index contributed by atoms with van der Waals surface area (Å²) in [5.41, 5.74) is 1.20. The molecule has 0 saturated heterocycles. The highest BCUT2D eigenvalue weighted by Gasteiger charge is 2.14. The van der Waals surface area contributed by atoms with Crippen molar-refractivity contribution < 1.29 is 9.90 Å². The zero-order valence-electron chi connectivity index (χ0n) is 10.00. The Morgan fingerprint density at radius 2 is 1.89 bits per heavy atom. The topological polar surface area (TPSA) is 66.0 Å². The van der Waals surface area contributed by atoms with E-state index in [1.54, 1.807) is 13.3 Å². The molecule has 1 aromatic carbocycles. The van der Waals surface area contributed by atoms with E-state index in [1.165, 1.54) is 24.3 Å². The summed E-state index contributed by atoms with van der Waals surface area (Å²) in [6.45, 7) is 1.62. The molecule has 1 aliphatic carbocycles. The first-order valence-electron chi connectivity index (χ1n) is 5.60. The van der Waals surface area contributed by atoms with E-state index in [0.29, 0.717) is 0 Å². The Bertz CT molecular complexity index is 561. The lowest BCUT2D eigenvalue weighted by Gasteiger charge is -2.14. The van der Waals surface area contributed by atoms with Gasteiger partial charge in [0.25, 0.3) is 0 Å². The third kappa shape index (κ3) is 3.15. The smallest absolute Gasteiger partial charge is 0.178 e. The van der Waals surface area contributed by atoms with E-state index in [0.717, 1.165) is 11.0 Å². The van der Waals surface area contributed by atoms with Crippen molar-refractivity contribution in [3.63, 3.8) is 0 Å². The van der Waals surface area contributed by atoms with Crippen molar-refractivity contribution in [3.8, 4) is 0 Å². The molecule has 18 heavy (non-hydrogen) atoms. The number of aromatic nitrogens is 2. The second-order valence-electron chi connectivity index (χ2n) is 4.21. The molecule has 0 fully saturated rings. The van der Waals surface area contributed by atoms with Crippen LogP contribution >= 0.6 is 0 Å². The second kappa shape index (κ2) is 4.98. The maximum Gasteiger partial charge on any atom is 0.178 e. The van der Waals surface area contributed by atoms with Gasteiger partial charge in [0.05, 0.1) is 23.0 Å². The van der Waals surface area contributed by atoms with Crippen molar-refractivity contribution in [1.82, 2.24) is 9.97 Å². The average Bonchev–Trinajstić information content (AvgIpc) is 2.82. The van der Waals surface area contributed by atoms with Gasteiger partial charge in [-0.05, 0) is 43.4 Å². The Morgan fingerprint density at radius 3 is 2.50 bits per heavy atom. The van der Waals surface area contributed by atoms with Gasteiger partial charge in [-0.2, -0.15) is 0 Å². The lowest BCUT2D eigenvalue weighted by molar-refractivity contribution is -0.110. The highest BCUT2D eigenvalue weighted by Crippen LogP contribution is 2.11. The number of fused-ring (bicyclic) bond motifs is 1. The van der Waals surface area contributed by atoms with Gasteiger partial charge in [-0.25, -0.2) is 4.98 Å². The zero-order chi connectivity index (χ0) is 13.0. The van der Waals surface area contributed by atoms with Gasteiger partial charge in [-0.15, -0.1) is 0 Å². The molecular weight excluding hydrogens is 228 g/mol. The van der Waals surface area contributed by atoms with Crippen LogP contribution < -0.4 is 0 Å². The summed E-state index contributed by atoms with van der Waals surface area (Å²) in [7, 11) is 0. The van der Waals surface area contributed by atoms with Gasteiger partial charge in [0.15, 0.2) is 5.78 Å². The van der Waals surface area contributed by atoms with Crippen LogP contribution in [0.5, 0.6) is 0 Å². The van der Waals surface area contributed by atoms with Crippen LogP contribution in [0.1, 0.15) is 6.92 Å². The van der Waals surface area contributed by atoms with Gasteiger partial charge in [-0.3, -0.25) is 4.79 Å². The summed E-state index contributed by atoms with van der Waals surface area (Å²) in [6.07, 6.45) is 7.36. The first kappa shape index (κ1) is 12.3. The standard InChI is InChI=1S/C7H6N2.C7H8O2/c1-2-4-7-6(3-1)8-5-9-7;1-7(9)4-2-6(8)3-5-7/h1-5H,(H,8,9);2-5,9H,1H3. The summed E-state index contributed by atoms with van der Waals surface area (Å²) in [4.78, 5) is 17.5. The molecule has 0 atom stereocenters. The summed E-state index contributed by atoms with van der Waals surface area (Å²) in [6, 6.07) is 7.94. The number of hydrogen-bond donors (Lipinski definition) is 2. The quantitative estimate of drug-likeness (QED) is 0.742. The third-order valence-electron chi connectivity index (χ3n) is 2.50. The van der Waals surface area contributed by atoms with E-state index in [2.05, 4.69) is 9.97 Å². The molecule has 92 valence electrons. The molecule has 0 aliphatic heterocycles. The summed E-state index contributed by atoms with van der Waals surface area (Å²) in [5, 5.41) is 9.17. The molecule has 0 saturated carbocycles. The maximum atomic E-state index is 10.5. The minimum Gasteiger partial charge on any atom is -0.382 e. The first-order chi connectivity index (χ1) is 8.57. The molecule has 0 spiro atoms. The molecule has 0 amide bonds. The molecule has 0 unspecified atom stereocenters. The molecule has 4 heteroatoms. The van der Waals surface area contributed by atoms with Crippen LogP contribution in [0.2, 0.25) is 0 Å². The Balaban J connectivity index is 0.000000134. The molecule has 3 rings (SSSR count). The van der Waals surface area contributed by atoms with Gasteiger partial charge in [0, 0.05) is 0 Å². The number of aliphatic hydroxyl groups is 1. The Kier molecular flexibility index (Phi) is 3.39. The number of allylic oxidation sites excluding steroid dienone is 2. The second-order valence-corrected chi connectivity index (χ2v) is 4.21. The minimum atomic E-state index is -0.923. The number of carbonyl (C=O) groups excluding carboxylic acids is 1. The molecule has 2 aromatic rings. The number of imidazole rings is 1. The number of para-hydroxylation sites is 2. The summed E-state index contributed by atoms with van der Waals surface area (Å²) >= 11 is 0. The van der Waals surface area contributed by atoms with Gasteiger partial charge in [0.1, 0.15) is 0 Å². The van der Waals surface area contributed by atoms with Gasteiger partial charge >= 0.3 is 0 Å². The number of rotatable bonds is 0. The number of H-pyrrole nitrogens is 1. The van der Waals surface area contributed by atoms with Crippen LogP contribution in [-0.4, -0.2) is 26.5 Å². The van der Waals surface area contributed by atoms with Crippen molar-refractivity contribution >= 4 is 16.8 Å². The Labute approximate surface area is 105 Å². The Morgan fingerprint density at radius 1 is 1.22 bits per heavy atom. The molecule has 0 radical (unpaired) electrons. The van der Waals surface area contributed by atoms with E-state index >= 15 is 0 Å². The monoisotopic (exact) mass is 242 g/mol. The van der Waals surface area contributed by atoms with Gasteiger partial charge in [0.2, 0.25) is 0 Å². The van der Waals surface area contributed by atoms with Crippen LogP contribution in [0.4, 0.5) is 0 Å². The van der Waals surface area contributed by atoms with Crippen LogP contribution in [0, 0.1) is 0 Å². The predicted molar refractivity (Wildman–Crippen MR) is 70.0 cm³/mol. The molecule has 4 nitrogen and oxygen atoms in total. The largest absolute Gasteiger partial charge is 0.382 e. The lowest BCUT2D eigenvalue weighted by atomic mass is 10.0. The fourth-order valence-electron chi connectivity index (χ4n) is 1.49. The zero-order valence-corrected chi connectivity index (χ0v) is 10.00. The average molecular weight is 242 g/mol. The number of benzene rings is 1. The third-order valence-corrected chi connectivity index (χ3v) is 2.50. The molecule has 2 N–H and O–H groups in total. The lowest BCUT2D eigenvalue weighted by Crippen LogP contribution is -2.20. The number of nitrogens with one attached hydrogen (secondary N) is 1. The van der Waals surface area contributed by atoms with E-state index in [1.807, 2.05) is 24.3 Å². The summed E-state index contributed by atoms with van der Waals surface area (Å²) in [5.74, 6) is -0.0680. The first-order valence-corrected chi connectivity index (χ1v) is 5.60. The fraction of sp³-hybridized carbons (Fsp3) is 0.143. The van der Waals surface area contributed by atoms with Crippen LogP contribution in [0.15, 0.2) is 54.9 Å². The molecule has 0 bridgehead atoms. The number of aromatic amines is 1. The van der Waals surface area contributed by atoms with E-state index in [-0.39, 0.29) is 5.78 Å². The molecule has 1 aromatic heterocycles. The summed E-state index contributed by atoms with van der Waals surface area (Å²) < 4.78 is 0. The van der Waals surface area contributed by atoms with Crippen LogP contribution in [0.25, 0.3) is 11.0 Å². The normalized spacial score (nSPS) is 16.4. The molecule has 1 heterocycles. The van der Waals surface area contributed by atoms with Crippen molar-refractivity contribution in [2.45, 2.75) is 12.5 Å². The van der Waals surface area contributed by atoms with E-state index in [9.17, 15) is 4.79 Å². The van der Waals surface area contributed by atoms with Crippen LogP contribution in [0.3, 0.4) is 0 Å².